The van der Waals surface area contributed by atoms with Crippen LogP contribution in [0.1, 0.15) is 50.9 Å². The van der Waals surface area contributed by atoms with E-state index in [1.165, 1.54) is 17.8 Å². The fourth-order valence-electron chi connectivity index (χ4n) is 3.04. The Morgan fingerprint density at radius 2 is 2.20 bits per heavy atom. The molecule has 7 nitrogen and oxygen atoms in total. The molecule has 130 valence electrons. The van der Waals surface area contributed by atoms with Gasteiger partial charge in [0.1, 0.15) is 10.6 Å². The number of aromatic nitrogens is 2. The van der Waals surface area contributed by atoms with Crippen LogP contribution >= 0.6 is 11.8 Å². The number of carbonyl (C=O) groups excluding carboxylic acids is 2. The van der Waals surface area contributed by atoms with E-state index in [-0.39, 0.29) is 17.5 Å². The minimum Gasteiger partial charge on any atom is -0.365 e. The largest absolute Gasteiger partial charge is 0.365 e. The summed E-state index contributed by atoms with van der Waals surface area (Å²) in [5, 5.41) is 3.63. The molecular weight excluding hydrogens is 340 g/mol. The molecule has 0 aromatic carbocycles. The van der Waals surface area contributed by atoms with Crippen molar-refractivity contribution >= 4 is 23.6 Å². The maximum atomic E-state index is 12.7. The lowest BCUT2D eigenvalue weighted by molar-refractivity contribution is 0.0928. The van der Waals surface area contributed by atoms with Crippen LogP contribution in [0.25, 0.3) is 0 Å². The van der Waals surface area contributed by atoms with Gasteiger partial charge in [-0.25, -0.2) is 4.98 Å². The first-order valence-electron chi connectivity index (χ1n) is 7.87. The zero-order valence-electron chi connectivity index (χ0n) is 13.7. The molecule has 0 spiro atoms. The summed E-state index contributed by atoms with van der Waals surface area (Å²) < 4.78 is 0. The predicted molar refractivity (Wildman–Crippen MR) is 94.7 cm³/mol. The van der Waals surface area contributed by atoms with Gasteiger partial charge in [0.25, 0.3) is 17.4 Å². The first kappa shape index (κ1) is 17.2. The van der Waals surface area contributed by atoms with Crippen LogP contribution in [0.5, 0.6) is 0 Å². The second-order valence-corrected chi connectivity index (χ2v) is 6.58. The summed E-state index contributed by atoms with van der Waals surface area (Å²) in [5.74, 6) is -1.02. The van der Waals surface area contributed by atoms with E-state index in [1.807, 2.05) is 6.26 Å². The highest BCUT2D eigenvalue weighted by Crippen LogP contribution is 2.29. The van der Waals surface area contributed by atoms with Crippen LogP contribution in [0.15, 0.2) is 34.2 Å². The van der Waals surface area contributed by atoms with Crippen LogP contribution < -0.4 is 16.6 Å². The number of pyridine rings is 2. The van der Waals surface area contributed by atoms with Gasteiger partial charge in [0.05, 0.1) is 11.6 Å². The van der Waals surface area contributed by atoms with E-state index in [4.69, 9.17) is 5.73 Å². The third kappa shape index (κ3) is 3.43. The lowest BCUT2D eigenvalue weighted by atomic mass is 9.90. The number of fused-ring (bicyclic) bond motifs is 1. The third-order valence-electron chi connectivity index (χ3n) is 4.23. The number of hydrogen-bond donors (Lipinski definition) is 3. The molecule has 0 saturated carbocycles. The van der Waals surface area contributed by atoms with Crippen molar-refractivity contribution < 1.29 is 9.59 Å². The van der Waals surface area contributed by atoms with E-state index in [2.05, 4.69) is 15.3 Å². The van der Waals surface area contributed by atoms with Gasteiger partial charge in [-0.1, -0.05) is 0 Å². The Kier molecular flexibility index (Phi) is 4.89. The standard InChI is InChI=1S/C17H18N4O3S/c1-25-17-9(4-3-7-19-17)15(23)20-12-5-2-6-13-10(12)8-11(14(18)22)16(24)21-13/h3-4,7-8,12H,2,5-6H2,1H3,(H2,18,22)(H,20,23)(H,21,24). The fourth-order valence-corrected chi connectivity index (χ4v) is 3.58. The Labute approximate surface area is 148 Å². The molecule has 2 heterocycles. The van der Waals surface area contributed by atoms with Crippen molar-refractivity contribution in [2.45, 2.75) is 30.3 Å². The highest BCUT2D eigenvalue weighted by Gasteiger charge is 2.26. The molecule has 1 atom stereocenters. The van der Waals surface area contributed by atoms with E-state index in [0.717, 1.165) is 24.1 Å². The molecule has 25 heavy (non-hydrogen) atoms. The predicted octanol–water partition coefficient (Wildman–Crippen LogP) is 1.40. The lowest BCUT2D eigenvalue weighted by Crippen LogP contribution is -2.34. The number of aryl methyl sites for hydroxylation is 1. The molecule has 1 aliphatic rings. The van der Waals surface area contributed by atoms with E-state index >= 15 is 0 Å². The molecule has 2 aromatic rings. The average Bonchev–Trinajstić information content (AvgIpc) is 2.61. The Morgan fingerprint density at radius 3 is 2.92 bits per heavy atom. The maximum Gasteiger partial charge on any atom is 0.261 e. The molecular formula is C17H18N4O3S. The summed E-state index contributed by atoms with van der Waals surface area (Å²) in [4.78, 5) is 42.9. The van der Waals surface area contributed by atoms with E-state index < -0.39 is 11.5 Å². The molecule has 0 aliphatic heterocycles. The molecule has 4 N–H and O–H groups in total. The van der Waals surface area contributed by atoms with Gasteiger partial charge in [-0.05, 0) is 49.3 Å². The third-order valence-corrected chi connectivity index (χ3v) is 4.94. The second-order valence-electron chi connectivity index (χ2n) is 5.79. The van der Waals surface area contributed by atoms with Crippen molar-refractivity contribution in [3.63, 3.8) is 0 Å². The minimum atomic E-state index is -0.781. The Hall–Kier alpha value is -2.61. The monoisotopic (exact) mass is 358 g/mol. The number of thioether (sulfide) groups is 1. The number of carbonyl (C=O) groups is 2. The Balaban J connectivity index is 1.93. The summed E-state index contributed by atoms with van der Waals surface area (Å²) in [6.07, 6.45) is 5.74. The zero-order chi connectivity index (χ0) is 18.0. The smallest absolute Gasteiger partial charge is 0.261 e. The van der Waals surface area contributed by atoms with Crippen LogP contribution in [0, 0.1) is 0 Å². The van der Waals surface area contributed by atoms with Crippen LogP contribution in [-0.4, -0.2) is 28.0 Å². The van der Waals surface area contributed by atoms with Gasteiger partial charge in [-0.2, -0.15) is 0 Å². The summed E-state index contributed by atoms with van der Waals surface area (Å²) in [6, 6.07) is 4.64. The molecule has 3 rings (SSSR count). The molecule has 0 bridgehead atoms. The summed E-state index contributed by atoms with van der Waals surface area (Å²) >= 11 is 1.40. The van der Waals surface area contributed by atoms with Gasteiger partial charge in [0.15, 0.2) is 0 Å². The fraction of sp³-hybridized carbons (Fsp3) is 0.294. The molecule has 0 radical (unpaired) electrons. The highest BCUT2D eigenvalue weighted by atomic mass is 32.2. The van der Waals surface area contributed by atoms with Crippen molar-refractivity contribution in [1.29, 1.82) is 0 Å². The van der Waals surface area contributed by atoms with Gasteiger partial charge in [-0.3, -0.25) is 14.4 Å². The van der Waals surface area contributed by atoms with E-state index in [0.29, 0.717) is 17.0 Å². The van der Waals surface area contributed by atoms with Gasteiger partial charge >= 0.3 is 0 Å². The van der Waals surface area contributed by atoms with Gasteiger partial charge in [-0.15, -0.1) is 11.8 Å². The molecule has 8 heteroatoms. The van der Waals surface area contributed by atoms with Crippen molar-refractivity contribution in [2.75, 3.05) is 6.26 Å². The van der Waals surface area contributed by atoms with Gasteiger partial charge in [0, 0.05) is 11.9 Å². The zero-order valence-corrected chi connectivity index (χ0v) is 14.5. The van der Waals surface area contributed by atoms with Crippen molar-refractivity contribution in [3.8, 4) is 0 Å². The average molecular weight is 358 g/mol. The van der Waals surface area contributed by atoms with Crippen LogP contribution in [0.4, 0.5) is 0 Å². The number of aromatic amines is 1. The number of nitrogens with zero attached hydrogens (tertiary/aromatic N) is 1. The number of rotatable bonds is 4. The van der Waals surface area contributed by atoms with Crippen molar-refractivity contribution in [3.05, 3.63) is 57.1 Å². The van der Waals surface area contributed by atoms with Crippen LogP contribution in [0.3, 0.4) is 0 Å². The van der Waals surface area contributed by atoms with E-state index in [9.17, 15) is 14.4 Å². The number of nitrogens with one attached hydrogen (secondary N) is 2. The van der Waals surface area contributed by atoms with Crippen LogP contribution in [-0.2, 0) is 6.42 Å². The highest BCUT2D eigenvalue weighted by molar-refractivity contribution is 7.98. The number of amides is 2. The normalized spacial score (nSPS) is 16.1. The minimum absolute atomic E-state index is 0.0916. The lowest BCUT2D eigenvalue weighted by Gasteiger charge is -2.26. The number of H-pyrrole nitrogens is 1. The number of hydrogen-bond acceptors (Lipinski definition) is 5. The molecule has 1 aliphatic carbocycles. The van der Waals surface area contributed by atoms with Gasteiger partial charge < -0.3 is 16.0 Å². The number of nitrogens with two attached hydrogens (primary N) is 1. The SMILES string of the molecule is CSc1ncccc1C(=O)NC1CCCc2[nH]c(=O)c(C(N)=O)cc21. The van der Waals surface area contributed by atoms with Gasteiger partial charge in [0.2, 0.25) is 0 Å². The second kappa shape index (κ2) is 7.10. The van der Waals surface area contributed by atoms with E-state index in [1.54, 1.807) is 18.3 Å². The Bertz CT molecular complexity index is 894. The quantitative estimate of drug-likeness (QED) is 0.714. The Morgan fingerprint density at radius 1 is 1.40 bits per heavy atom. The molecule has 0 fully saturated rings. The first-order valence-corrected chi connectivity index (χ1v) is 9.09. The number of primary amides is 1. The summed E-state index contributed by atoms with van der Waals surface area (Å²) in [7, 11) is 0. The molecule has 2 aromatic heterocycles. The van der Waals surface area contributed by atoms with Crippen molar-refractivity contribution in [1.82, 2.24) is 15.3 Å². The van der Waals surface area contributed by atoms with Crippen LogP contribution in [0.2, 0.25) is 0 Å². The summed E-state index contributed by atoms with van der Waals surface area (Å²) in [5.41, 5.74) is 6.66. The van der Waals surface area contributed by atoms with Crippen molar-refractivity contribution in [2.24, 2.45) is 5.73 Å². The topological polar surface area (TPSA) is 118 Å². The molecule has 2 amide bonds. The molecule has 0 saturated heterocycles. The summed E-state index contributed by atoms with van der Waals surface area (Å²) in [6.45, 7) is 0. The maximum absolute atomic E-state index is 12.7. The molecule has 1 unspecified atom stereocenters. The first-order chi connectivity index (χ1) is 12.0.